The average molecular weight is 298 g/mol. The molecule has 22 heavy (non-hydrogen) atoms. The first-order chi connectivity index (χ1) is 10.6. The van der Waals surface area contributed by atoms with Gasteiger partial charge in [0.1, 0.15) is 5.75 Å². The first kappa shape index (κ1) is 15.9. The van der Waals surface area contributed by atoms with Gasteiger partial charge in [0.05, 0.1) is 0 Å². The van der Waals surface area contributed by atoms with Crippen molar-refractivity contribution in [3.05, 3.63) is 54.1 Å². The fourth-order valence-electron chi connectivity index (χ4n) is 2.04. The van der Waals surface area contributed by atoms with Crippen LogP contribution >= 0.6 is 0 Å². The number of hydrogen-bond donors (Lipinski definition) is 1. The third-order valence-corrected chi connectivity index (χ3v) is 3.34. The first-order valence-corrected chi connectivity index (χ1v) is 7.37. The molecule has 0 aromatic heterocycles. The van der Waals surface area contributed by atoms with E-state index in [1.54, 1.807) is 0 Å². The molecule has 0 aliphatic rings. The number of nitrogens with one attached hydrogen (secondary N) is 1. The lowest BCUT2D eigenvalue weighted by Gasteiger charge is -2.13. The predicted molar refractivity (Wildman–Crippen MR) is 90.7 cm³/mol. The number of carbonyl (C=O) groups excluding carboxylic acids is 1. The van der Waals surface area contributed by atoms with E-state index in [0.717, 1.165) is 23.5 Å². The van der Waals surface area contributed by atoms with E-state index >= 15 is 0 Å². The highest BCUT2D eigenvalue weighted by Crippen LogP contribution is 2.16. The molecular weight excluding hydrogens is 276 g/mol. The molecule has 0 saturated carbocycles. The lowest BCUT2D eigenvalue weighted by atomic mass is 10.2. The molecule has 0 spiro atoms. The fourth-order valence-corrected chi connectivity index (χ4v) is 2.04. The molecule has 0 aliphatic carbocycles. The lowest BCUT2D eigenvalue weighted by molar-refractivity contribution is -0.118. The lowest BCUT2D eigenvalue weighted by Crippen LogP contribution is -2.20. The second-order valence-electron chi connectivity index (χ2n) is 5.28. The van der Waals surface area contributed by atoms with Crippen molar-refractivity contribution < 1.29 is 9.53 Å². The van der Waals surface area contributed by atoms with Gasteiger partial charge < -0.3 is 15.0 Å². The van der Waals surface area contributed by atoms with Crippen molar-refractivity contribution in [2.45, 2.75) is 13.3 Å². The van der Waals surface area contributed by atoms with Gasteiger partial charge in [0, 0.05) is 25.5 Å². The quantitative estimate of drug-likeness (QED) is 0.889. The number of aryl methyl sites for hydroxylation is 1. The summed E-state index contributed by atoms with van der Waals surface area (Å²) in [5.74, 6) is 0.553. The highest BCUT2D eigenvalue weighted by Gasteiger charge is 2.04. The largest absolute Gasteiger partial charge is 0.484 e. The van der Waals surface area contributed by atoms with Crippen LogP contribution in [0, 0.1) is 0 Å². The van der Waals surface area contributed by atoms with Crippen LogP contribution in [0.1, 0.15) is 12.5 Å². The molecule has 2 rings (SSSR count). The maximum absolute atomic E-state index is 11.9. The Morgan fingerprint density at radius 2 is 1.86 bits per heavy atom. The van der Waals surface area contributed by atoms with Crippen LogP contribution in [-0.4, -0.2) is 26.6 Å². The molecule has 0 bridgehead atoms. The Balaban J connectivity index is 1.87. The summed E-state index contributed by atoms with van der Waals surface area (Å²) < 4.78 is 5.52. The minimum absolute atomic E-state index is 0.00258. The van der Waals surface area contributed by atoms with E-state index in [9.17, 15) is 4.79 Å². The molecule has 0 heterocycles. The number of carbonyl (C=O) groups is 1. The summed E-state index contributed by atoms with van der Waals surface area (Å²) >= 11 is 0. The molecule has 1 amide bonds. The van der Waals surface area contributed by atoms with Gasteiger partial charge in [-0.25, -0.2) is 0 Å². The van der Waals surface area contributed by atoms with Crippen LogP contribution in [0.15, 0.2) is 48.5 Å². The minimum atomic E-state index is -0.167. The normalized spacial score (nSPS) is 10.1. The van der Waals surface area contributed by atoms with Gasteiger partial charge in [-0.05, 0) is 48.4 Å². The van der Waals surface area contributed by atoms with Gasteiger partial charge in [-0.2, -0.15) is 0 Å². The van der Waals surface area contributed by atoms with Gasteiger partial charge in [0.15, 0.2) is 6.61 Å². The minimum Gasteiger partial charge on any atom is -0.484 e. The van der Waals surface area contributed by atoms with Crippen molar-refractivity contribution in [1.82, 2.24) is 0 Å². The second-order valence-corrected chi connectivity index (χ2v) is 5.28. The Labute approximate surface area is 131 Å². The van der Waals surface area contributed by atoms with Crippen molar-refractivity contribution in [3.8, 4) is 5.75 Å². The zero-order chi connectivity index (χ0) is 15.9. The number of nitrogens with zero attached hydrogens (tertiary/aromatic N) is 1. The van der Waals surface area contributed by atoms with Gasteiger partial charge in [-0.3, -0.25) is 4.79 Å². The number of ether oxygens (including phenoxy) is 1. The van der Waals surface area contributed by atoms with E-state index in [1.165, 1.54) is 5.56 Å². The molecule has 2 aromatic rings. The summed E-state index contributed by atoms with van der Waals surface area (Å²) in [5, 5.41) is 2.82. The summed E-state index contributed by atoms with van der Waals surface area (Å²) in [5.41, 5.74) is 3.05. The SMILES string of the molecule is CCc1cccc(OCC(=O)Nc2ccc(N(C)C)cc2)c1. The highest BCUT2D eigenvalue weighted by molar-refractivity contribution is 5.92. The van der Waals surface area contributed by atoms with Crippen LogP contribution in [0.3, 0.4) is 0 Å². The summed E-state index contributed by atoms with van der Waals surface area (Å²) in [4.78, 5) is 13.9. The molecular formula is C18H22N2O2. The molecule has 4 heteroatoms. The van der Waals surface area contributed by atoms with Crippen LogP contribution in [0.4, 0.5) is 11.4 Å². The van der Waals surface area contributed by atoms with Gasteiger partial charge >= 0.3 is 0 Å². The molecule has 0 aliphatic heterocycles. The Hall–Kier alpha value is -2.49. The Morgan fingerprint density at radius 1 is 1.14 bits per heavy atom. The van der Waals surface area contributed by atoms with E-state index in [1.807, 2.05) is 67.5 Å². The number of rotatable bonds is 6. The van der Waals surface area contributed by atoms with Crippen LogP contribution < -0.4 is 15.0 Å². The van der Waals surface area contributed by atoms with E-state index in [4.69, 9.17) is 4.74 Å². The zero-order valence-electron chi connectivity index (χ0n) is 13.3. The molecule has 0 saturated heterocycles. The van der Waals surface area contributed by atoms with E-state index in [0.29, 0.717) is 0 Å². The third-order valence-electron chi connectivity index (χ3n) is 3.34. The summed E-state index contributed by atoms with van der Waals surface area (Å²) in [6, 6.07) is 15.5. The highest BCUT2D eigenvalue weighted by atomic mass is 16.5. The van der Waals surface area contributed by atoms with E-state index in [2.05, 4.69) is 12.2 Å². The standard InChI is InChI=1S/C18H22N2O2/c1-4-14-6-5-7-17(12-14)22-13-18(21)19-15-8-10-16(11-9-15)20(2)3/h5-12H,4,13H2,1-3H3,(H,19,21). The van der Waals surface area contributed by atoms with Crippen molar-refractivity contribution in [3.63, 3.8) is 0 Å². The number of hydrogen-bond acceptors (Lipinski definition) is 3. The average Bonchev–Trinajstić information content (AvgIpc) is 2.53. The van der Waals surface area contributed by atoms with Crippen LogP contribution in [0.5, 0.6) is 5.75 Å². The topological polar surface area (TPSA) is 41.6 Å². The van der Waals surface area contributed by atoms with E-state index in [-0.39, 0.29) is 12.5 Å². The molecule has 0 unspecified atom stereocenters. The Bertz CT molecular complexity index is 621. The first-order valence-electron chi connectivity index (χ1n) is 7.37. The molecule has 1 N–H and O–H groups in total. The molecule has 4 nitrogen and oxygen atoms in total. The van der Waals surface area contributed by atoms with Crippen molar-refractivity contribution in [1.29, 1.82) is 0 Å². The van der Waals surface area contributed by atoms with Gasteiger partial charge in [0.25, 0.3) is 5.91 Å². The number of amides is 1. The number of benzene rings is 2. The van der Waals surface area contributed by atoms with Crippen LogP contribution in [-0.2, 0) is 11.2 Å². The van der Waals surface area contributed by atoms with Gasteiger partial charge in [-0.1, -0.05) is 19.1 Å². The van der Waals surface area contributed by atoms with Crippen molar-refractivity contribution >= 4 is 17.3 Å². The van der Waals surface area contributed by atoms with Crippen LogP contribution in [0.25, 0.3) is 0 Å². The molecule has 2 aromatic carbocycles. The van der Waals surface area contributed by atoms with Gasteiger partial charge in [0.2, 0.25) is 0 Å². The number of anilines is 2. The summed E-state index contributed by atoms with van der Waals surface area (Å²) in [7, 11) is 3.96. The molecule has 116 valence electrons. The maximum Gasteiger partial charge on any atom is 0.262 e. The van der Waals surface area contributed by atoms with Crippen molar-refractivity contribution in [2.24, 2.45) is 0 Å². The third kappa shape index (κ3) is 4.52. The van der Waals surface area contributed by atoms with E-state index < -0.39 is 0 Å². The predicted octanol–water partition coefficient (Wildman–Crippen LogP) is 3.33. The van der Waals surface area contributed by atoms with Gasteiger partial charge in [-0.15, -0.1) is 0 Å². The smallest absolute Gasteiger partial charge is 0.262 e. The Morgan fingerprint density at radius 3 is 2.50 bits per heavy atom. The Kier molecular flexibility index (Phi) is 5.42. The fraction of sp³-hybridized carbons (Fsp3) is 0.278. The second kappa shape index (κ2) is 7.50. The van der Waals surface area contributed by atoms with Crippen LogP contribution in [0.2, 0.25) is 0 Å². The molecule has 0 radical (unpaired) electrons. The summed E-state index contributed by atoms with van der Waals surface area (Å²) in [6.07, 6.45) is 0.946. The molecule has 0 atom stereocenters. The monoisotopic (exact) mass is 298 g/mol. The van der Waals surface area contributed by atoms with Crippen molar-refractivity contribution in [2.75, 3.05) is 30.9 Å². The zero-order valence-corrected chi connectivity index (χ0v) is 13.3. The summed E-state index contributed by atoms with van der Waals surface area (Å²) in [6.45, 7) is 2.09. The maximum atomic E-state index is 11.9. The molecule has 0 fully saturated rings.